The molecule has 3 atom stereocenters. The van der Waals surface area contributed by atoms with Crippen LogP contribution in [0.1, 0.15) is 19.8 Å². The number of alkyl halides is 1. The normalized spacial score (nSPS) is 32.8. The van der Waals surface area contributed by atoms with Crippen LogP contribution in [0.3, 0.4) is 0 Å². The van der Waals surface area contributed by atoms with Crippen LogP contribution >= 0.6 is 0 Å². The molecule has 0 radical (unpaired) electrons. The number of hydrogen-bond acceptors (Lipinski definition) is 2. The van der Waals surface area contributed by atoms with E-state index in [1.54, 1.807) is 0 Å². The number of aliphatic carboxylic acids is 1. The van der Waals surface area contributed by atoms with Crippen LogP contribution in [0, 0.1) is 5.92 Å². The number of halogens is 1. The molecule has 4 heteroatoms. The van der Waals surface area contributed by atoms with Gasteiger partial charge in [-0.15, -0.1) is 0 Å². The summed E-state index contributed by atoms with van der Waals surface area (Å²) in [5.74, 6) is -1.62. The third-order valence-electron chi connectivity index (χ3n) is 2.90. The maximum absolute atomic E-state index is 13.1. The molecular formula is C9H16FNO2. The van der Waals surface area contributed by atoms with Crippen molar-refractivity contribution in [2.45, 2.75) is 32.0 Å². The minimum atomic E-state index is -1.68. The molecule has 0 saturated carbocycles. The summed E-state index contributed by atoms with van der Waals surface area (Å²) in [4.78, 5) is 12.5. The van der Waals surface area contributed by atoms with Crippen LogP contribution in [0.5, 0.6) is 0 Å². The molecule has 0 bridgehead atoms. The van der Waals surface area contributed by atoms with Crippen molar-refractivity contribution in [3.05, 3.63) is 0 Å². The zero-order chi connectivity index (χ0) is 10.0. The summed E-state index contributed by atoms with van der Waals surface area (Å²) in [6.07, 6.45) is -0.394. The predicted molar refractivity (Wildman–Crippen MR) is 47.3 cm³/mol. The average Bonchev–Trinajstić information content (AvgIpc) is 2.08. The minimum absolute atomic E-state index is 0.288. The fraction of sp³-hybridized carbons (Fsp3) is 0.889. The van der Waals surface area contributed by atoms with Crippen molar-refractivity contribution < 1.29 is 14.3 Å². The molecule has 3 nitrogen and oxygen atoms in total. The Morgan fingerprint density at radius 1 is 1.69 bits per heavy atom. The molecule has 1 aliphatic rings. The Morgan fingerprint density at radius 2 is 2.31 bits per heavy atom. The maximum Gasteiger partial charge on any atom is 0.338 e. The number of hydrogen-bond donors (Lipinski definition) is 1. The Hall–Kier alpha value is -0.640. The Morgan fingerprint density at radius 3 is 2.77 bits per heavy atom. The number of rotatable bonds is 2. The molecule has 13 heavy (non-hydrogen) atoms. The van der Waals surface area contributed by atoms with Crippen LogP contribution in [-0.4, -0.2) is 41.8 Å². The largest absolute Gasteiger partial charge is 0.479 e. The second-order valence-electron chi connectivity index (χ2n) is 3.85. The molecule has 0 aromatic rings. The third kappa shape index (κ3) is 2.40. The highest BCUT2D eigenvalue weighted by Gasteiger charge is 2.33. The van der Waals surface area contributed by atoms with Crippen LogP contribution in [0.4, 0.5) is 4.39 Å². The molecule has 76 valence electrons. The topological polar surface area (TPSA) is 40.5 Å². The monoisotopic (exact) mass is 189 g/mol. The minimum Gasteiger partial charge on any atom is -0.479 e. The second kappa shape index (κ2) is 4.05. The van der Waals surface area contributed by atoms with Gasteiger partial charge >= 0.3 is 5.97 Å². The highest BCUT2D eigenvalue weighted by Crippen LogP contribution is 2.26. The molecule has 1 aliphatic heterocycles. The predicted octanol–water partition coefficient (Wildman–Crippen LogP) is 1.14. The van der Waals surface area contributed by atoms with E-state index >= 15 is 0 Å². The third-order valence-corrected chi connectivity index (χ3v) is 2.90. The SMILES string of the molecule is CC1CC(C(F)C(=O)O)CCN1C. The van der Waals surface area contributed by atoms with Gasteiger partial charge in [0.1, 0.15) is 0 Å². The van der Waals surface area contributed by atoms with E-state index in [2.05, 4.69) is 4.90 Å². The van der Waals surface area contributed by atoms with Crippen LogP contribution in [0.25, 0.3) is 0 Å². The van der Waals surface area contributed by atoms with E-state index in [4.69, 9.17) is 5.11 Å². The summed E-state index contributed by atoms with van der Waals surface area (Å²) in [6, 6.07) is 0.288. The van der Waals surface area contributed by atoms with Gasteiger partial charge in [0, 0.05) is 12.0 Å². The standard InChI is InChI=1S/C9H16FNO2/c1-6-5-7(3-4-11(6)2)8(10)9(12)13/h6-8H,3-5H2,1-2H3,(H,12,13). The summed E-state index contributed by atoms with van der Waals surface area (Å²) in [5, 5.41) is 8.50. The highest BCUT2D eigenvalue weighted by molar-refractivity contribution is 5.72. The second-order valence-corrected chi connectivity index (χ2v) is 3.85. The van der Waals surface area contributed by atoms with Crippen LogP contribution < -0.4 is 0 Å². The fourth-order valence-corrected chi connectivity index (χ4v) is 1.79. The molecule has 1 N–H and O–H groups in total. The van der Waals surface area contributed by atoms with E-state index in [9.17, 15) is 9.18 Å². The van der Waals surface area contributed by atoms with Gasteiger partial charge < -0.3 is 10.0 Å². The van der Waals surface area contributed by atoms with Gasteiger partial charge in [-0.05, 0) is 33.4 Å². The summed E-state index contributed by atoms with van der Waals surface area (Å²) < 4.78 is 13.1. The zero-order valence-electron chi connectivity index (χ0n) is 8.03. The van der Waals surface area contributed by atoms with Gasteiger partial charge in [-0.25, -0.2) is 9.18 Å². The number of carboxylic acids is 1. The van der Waals surface area contributed by atoms with Crippen molar-refractivity contribution in [3.63, 3.8) is 0 Å². The Bertz CT molecular complexity index is 198. The van der Waals surface area contributed by atoms with Gasteiger partial charge in [-0.3, -0.25) is 0 Å². The smallest absolute Gasteiger partial charge is 0.338 e. The van der Waals surface area contributed by atoms with E-state index in [0.717, 1.165) is 6.54 Å². The number of carbonyl (C=O) groups is 1. The molecule has 1 heterocycles. The Balaban J connectivity index is 2.50. The van der Waals surface area contributed by atoms with Gasteiger partial charge in [0.05, 0.1) is 0 Å². The van der Waals surface area contributed by atoms with Gasteiger partial charge in [0.15, 0.2) is 6.17 Å². The van der Waals surface area contributed by atoms with Crippen molar-refractivity contribution in [1.82, 2.24) is 4.90 Å². The van der Waals surface area contributed by atoms with Gasteiger partial charge in [0.2, 0.25) is 0 Å². The number of nitrogens with zero attached hydrogens (tertiary/aromatic N) is 1. The van der Waals surface area contributed by atoms with E-state index in [0.29, 0.717) is 12.8 Å². The Kier molecular flexibility index (Phi) is 3.25. The van der Waals surface area contributed by atoms with Crippen molar-refractivity contribution in [2.24, 2.45) is 5.92 Å². The molecular weight excluding hydrogens is 173 g/mol. The molecule has 0 spiro atoms. The highest BCUT2D eigenvalue weighted by atomic mass is 19.1. The number of piperidine rings is 1. The lowest BCUT2D eigenvalue weighted by molar-refractivity contribution is -0.145. The quantitative estimate of drug-likeness (QED) is 0.708. The van der Waals surface area contributed by atoms with E-state index in [1.807, 2.05) is 14.0 Å². The fourth-order valence-electron chi connectivity index (χ4n) is 1.79. The summed E-state index contributed by atoms with van der Waals surface area (Å²) >= 11 is 0. The lowest BCUT2D eigenvalue weighted by atomic mass is 9.88. The van der Waals surface area contributed by atoms with Gasteiger partial charge in [0.25, 0.3) is 0 Å². The number of carboxylic acid groups (broad SMARTS) is 1. The van der Waals surface area contributed by atoms with Crippen LogP contribution in [0.2, 0.25) is 0 Å². The lowest BCUT2D eigenvalue weighted by Gasteiger charge is -2.35. The molecule has 3 unspecified atom stereocenters. The lowest BCUT2D eigenvalue weighted by Crippen LogP contribution is -2.42. The molecule has 0 aromatic heterocycles. The molecule has 0 amide bonds. The summed E-state index contributed by atoms with van der Waals surface area (Å²) in [7, 11) is 1.98. The first kappa shape index (κ1) is 10.4. The zero-order valence-corrected chi connectivity index (χ0v) is 8.03. The molecule has 1 saturated heterocycles. The maximum atomic E-state index is 13.1. The van der Waals surface area contributed by atoms with Crippen molar-refractivity contribution >= 4 is 5.97 Å². The van der Waals surface area contributed by atoms with Crippen LogP contribution in [0.15, 0.2) is 0 Å². The van der Waals surface area contributed by atoms with E-state index in [1.165, 1.54) is 0 Å². The summed E-state index contributed by atoms with van der Waals surface area (Å²) in [6.45, 7) is 2.79. The molecule has 1 fully saturated rings. The first-order valence-corrected chi connectivity index (χ1v) is 4.59. The molecule has 0 aromatic carbocycles. The van der Waals surface area contributed by atoms with Crippen molar-refractivity contribution in [2.75, 3.05) is 13.6 Å². The van der Waals surface area contributed by atoms with E-state index < -0.39 is 12.1 Å². The molecule has 0 aliphatic carbocycles. The Labute approximate surface area is 77.5 Å². The van der Waals surface area contributed by atoms with E-state index in [-0.39, 0.29) is 12.0 Å². The van der Waals surface area contributed by atoms with Gasteiger partial charge in [-0.2, -0.15) is 0 Å². The van der Waals surface area contributed by atoms with Crippen molar-refractivity contribution in [3.8, 4) is 0 Å². The number of likely N-dealkylation sites (tertiary alicyclic amines) is 1. The molecule has 1 rings (SSSR count). The van der Waals surface area contributed by atoms with Crippen molar-refractivity contribution in [1.29, 1.82) is 0 Å². The van der Waals surface area contributed by atoms with Crippen LogP contribution in [-0.2, 0) is 4.79 Å². The summed E-state index contributed by atoms with van der Waals surface area (Å²) in [5.41, 5.74) is 0. The first-order valence-electron chi connectivity index (χ1n) is 4.59. The average molecular weight is 189 g/mol. The van der Waals surface area contributed by atoms with Gasteiger partial charge in [-0.1, -0.05) is 0 Å². The first-order chi connectivity index (χ1) is 6.02.